The Morgan fingerprint density at radius 2 is 0.943 bits per heavy atom. The van der Waals surface area contributed by atoms with E-state index in [0.29, 0.717) is 12.0 Å². The van der Waals surface area contributed by atoms with Crippen LogP contribution in [0.5, 0.6) is 0 Å². The monoisotopic (exact) mass is 490 g/mol. The molecule has 2 nitrogen and oxygen atoms in total. The van der Waals surface area contributed by atoms with Crippen molar-refractivity contribution in [2.24, 2.45) is 0 Å². The molecule has 1 N–H and O–H groups in total. The molecule has 2 unspecified atom stereocenters. The molecule has 0 aliphatic carbocycles. The normalized spacial score (nSPS) is 13.4. The first-order valence-electron chi connectivity index (χ1n) is 16.3. The average molecular weight is 490 g/mol. The first kappa shape index (κ1) is 32.2. The van der Waals surface area contributed by atoms with Crippen molar-refractivity contribution in [3.8, 4) is 0 Å². The highest BCUT2D eigenvalue weighted by atomic mass is 15.1. The Labute approximate surface area is 221 Å². The van der Waals surface area contributed by atoms with Crippen molar-refractivity contribution in [3.05, 3.63) is 18.2 Å². The lowest BCUT2D eigenvalue weighted by Crippen LogP contribution is -2.41. The summed E-state index contributed by atoms with van der Waals surface area (Å²) >= 11 is 0. The van der Waals surface area contributed by atoms with E-state index in [9.17, 15) is 0 Å². The standard InChI is InChI=1S/C33H64N2/c1-5-8-11-13-15-16-17-18-19-20-21-23-25-28-32(27-10-7-3)33-34-29-30-35(33)31(4)26-24-22-14-12-9-6-2/h29-32H,5-28H2,1-4H3/p+1. The fraction of sp³-hybridized carbons (Fsp3) is 0.909. The summed E-state index contributed by atoms with van der Waals surface area (Å²) in [6.07, 6.45) is 38.3. The van der Waals surface area contributed by atoms with Crippen LogP contribution in [-0.2, 0) is 0 Å². The molecule has 0 saturated heterocycles. The van der Waals surface area contributed by atoms with Gasteiger partial charge in [0.25, 0.3) is 5.82 Å². The fourth-order valence-corrected chi connectivity index (χ4v) is 5.71. The van der Waals surface area contributed by atoms with Gasteiger partial charge in [0.05, 0.1) is 12.0 Å². The lowest BCUT2D eigenvalue weighted by atomic mass is 9.93. The second-order valence-electron chi connectivity index (χ2n) is 11.5. The molecule has 0 aliphatic heterocycles. The van der Waals surface area contributed by atoms with Gasteiger partial charge in [-0.3, -0.25) is 0 Å². The minimum Gasteiger partial charge on any atom is -0.247 e. The van der Waals surface area contributed by atoms with Gasteiger partial charge in [-0.2, -0.15) is 0 Å². The number of nitrogens with zero attached hydrogens (tertiary/aromatic N) is 1. The first-order valence-corrected chi connectivity index (χ1v) is 16.3. The summed E-state index contributed by atoms with van der Waals surface area (Å²) in [6.45, 7) is 9.39. The Bertz CT molecular complexity index is 549. The largest absolute Gasteiger partial charge is 0.257 e. The highest BCUT2D eigenvalue weighted by Crippen LogP contribution is 2.26. The van der Waals surface area contributed by atoms with Crippen molar-refractivity contribution in [2.75, 3.05) is 0 Å². The molecule has 0 radical (unpaired) electrons. The zero-order valence-electron chi connectivity index (χ0n) is 24.7. The van der Waals surface area contributed by atoms with E-state index in [0.717, 1.165) is 0 Å². The lowest BCUT2D eigenvalue weighted by molar-refractivity contribution is -0.727. The highest BCUT2D eigenvalue weighted by molar-refractivity contribution is 4.90. The van der Waals surface area contributed by atoms with Gasteiger partial charge in [-0.1, -0.05) is 149 Å². The molecule has 0 aliphatic rings. The minimum atomic E-state index is 0.623. The SMILES string of the molecule is CCCCCCCCCCCCCCCC(CCCC)c1[nH]cc[n+]1C(C)CCCCCCCC. The molecule has 0 saturated carbocycles. The third-order valence-corrected chi connectivity index (χ3v) is 8.14. The summed E-state index contributed by atoms with van der Waals surface area (Å²) in [5.41, 5.74) is 0. The van der Waals surface area contributed by atoms with Crippen LogP contribution in [-0.4, -0.2) is 4.98 Å². The Morgan fingerprint density at radius 3 is 1.43 bits per heavy atom. The van der Waals surface area contributed by atoms with Crippen molar-refractivity contribution in [1.82, 2.24) is 4.98 Å². The van der Waals surface area contributed by atoms with Crippen LogP contribution >= 0.6 is 0 Å². The van der Waals surface area contributed by atoms with Gasteiger partial charge < -0.3 is 0 Å². The molecule has 2 heteroatoms. The molecule has 1 rings (SSSR count). The first-order chi connectivity index (χ1) is 17.2. The maximum atomic E-state index is 3.67. The van der Waals surface area contributed by atoms with Gasteiger partial charge in [0.1, 0.15) is 12.4 Å². The molecule has 1 heterocycles. The highest BCUT2D eigenvalue weighted by Gasteiger charge is 2.25. The molecule has 0 fully saturated rings. The third-order valence-electron chi connectivity index (χ3n) is 8.14. The predicted molar refractivity (Wildman–Crippen MR) is 156 cm³/mol. The van der Waals surface area contributed by atoms with E-state index in [4.69, 9.17) is 0 Å². The number of nitrogens with one attached hydrogen (secondary N) is 1. The summed E-state index contributed by atoms with van der Waals surface area (Å²) in [5, 5.41) is 0. The molecular formula is C33H65N2+. The van der Waals surface area contributed by atoms with Crippen molar-refractivity contribution in [3.63, 3.8) is 0 Å². The smallest absolute Gasteiger partial charge is 0.247 e. The number of unbranched alkanes of at least 4 members (excludes halogenated alkanes) is 18. The van der Waals surface area contributed by atoms with Crippen LogP contribution in [0, 0.1) is 0 Å². The van der Waals surface area contributed by atoms with Crippen LogP contribution < -0.4 is 4.57 Å². The van der Waals surface area contributed by atoms with Gasteiger partial charge in [0.15, 0.2) is 0 Å². The molecule has 2 atom stereocenters. The van der Waals surface area contributed by atoms with Crippen LogP contribution in [0.15, 0.2) is 12.4 Å². The number of hydrogen-bond donors (Lipinski definition) is 1. The van der Waals surface area contributed by atoms with Crippen LogP contribution in [0.3, 0.4) is 0 Å². The number of rotatable bonds is 26. The quantitative estimate of drug-likeness (QED) is 0.0985. The Balaban J connectivity index is 2.26. The van der Waals surface area contributed by atoms with Gasteiger partial charge in [0, 0.05) is 0 Å². The van der Waals surface area contributed by atoms with E-state index >= 15 is 0 Å². The van der Waals surface area contributed by atoms with E-state index in [1.165, 1.54) is 160 Å². The van der Waals surface area contributed by atoms with Gasteiger partial charge in [-0.15, -0.1) is 0 Å². The van der Waals surface area contributed by atoms with E-state index in [-0.39, 0.29) is 0 Å². The summed E-state index contributed by atoms with van der Waals surface area (Å²) in [4.78, 5) is 3.67. The van der Waals surface area contributed by atoms with Crippen LogP contribution in [0.4, 0.5) is 0 Å². The topological polar surface area (TPSA) is 19.7 Å². The molecular weight excluding hydrogens is 424 g/mol. The maximum Gasteiger partial charge on any atom is 0.257 e. The summed E-state index contributed by atoms with van der Waals surface area (Å²) < 4.78 is 2.59. The van der Waals surface area contributed by atoms with Crippen molar-refractivity contribution < 1.29 is 4.57 Å². The third kappa shape index (κ3) is 16.6. The van der Waals surface area contributed by atoms with Gasteiger partial charge in [-0.05, 0) is 32.6 Å². The number of hydrogen-bond acceptors (Lipinski definition) is 0. The Morgan fingerprint density at radius 1 is 0.543 bits per heavy atom. The van der Waals surface area contributed by atoms with Gasteiger partial charge >= 0.3 is 0 Å². The molecule has 0 amide bonds. The van der Waals surface area contributed by atoms with E-state index in [1.54, 1.807) is 0 Å². The van der Waals surface area contributed by atoms with Crippen molar-refractivity contribution in [1.29, 1.82) is 0 Å². The molecule has 1 aromatic rings. The van der Waals surface area contributed by atoms with E-state index < -0.39 is 0 Å². The maximum absolute atomic E-state index is 3.67. The Kier molecular flexibility index (Phi) is 21.7. The van der Waals surface area contributed by atoms with E-state index in [1.807, 2.05) is 0 Å². The molecule has 1 aromatic heterocycles. The van der Waals surface area contributed by atoms with Gasteiger partial charge in [-0.25, -0.2) is 9.55 Å². The fourth-order valence-electron chi connectivity index (χ4n) is 5.71. The van der Waals surface area contributed by atoms with E-state index in [2.05, 4.69) is 49.6 Å². The van der Waals surface area contributed by atoms with Crippen LogP contribution in [0.1, 0.15) is 200 Å². The molecule has 35 heavy (non-hydrogen) atoms. The summed E-state index contributed by atoms with van der Waals surface area (Å²) in [6, 6.07) is 0.623. The minimum absolute atomic E-state index is 0.623. The predicted octanol–water partition coefficient (Wildman–Crippen LogP) is 11.4. The second-order valence-corrected chi connectivity index (χ2v) is 11.5. The number of H-pyrrole nitrogens is 1. The average Bonchev–Trinajstić information content (AvgIpc) is 3.36. The van der Waals surface area contributed by atoms with Crippen molar-refractivity contribution >= 4 is 0 Å². The lowest BCUT2D eigenvalue weighted by Gasteiger charge is -2.17. The Hall–Kier alpha value is -0.790. The van der Waals surface area contributed by atoms with Gasteiger partial charge in [0.2, 0.25) is 0 Å². The summed E-state index contributed by atoms with van der Waals surface area (Å²) in [5.74, 6) is 2.22. The molecule has 0 aromatic carbocycles. The number of aromatic amines is 1. The van der Waals surface area contributed by atoms with Crippen molar-refractivity contribution in [2.45, 2.75) is 194 Å². The second kappa shape index (κ2) is 23.6. The zero-order valence-corrected chi connectivity index (χ0v) is 24.7. The van der Waals surface area contributed by atoms with Crippen LogP contribution in [0.25, 0.3) is 0 Å². The number of imidazole rings is 1. The molecule has 0 spiro atoms. The molecule has 0 bridgehead atoms. The summed E-state index contributed by atoms with van der Waals surface area (Å²) in [7, 11) is 0. The van der Waals surface area contributed by atoms with Crippen LogP contribution in [0.2, 0.25) is 0 Å². The number of aromatic nitrogens is 2. The zero-order chi connectivity index (χ0) is 25.4. The molecule has 206 valence electrons.